The molecule has 0 aromatic heterocycles. The molecule has 236 valence electrons. The highest BCUT2D eigenvalue weighted by Gasteiger charge is 2.24. The lowest BCUT2D eigenvalue weighted by molar-refractivity contribution is -0.116. The van der Waals surface area contributed by atoms with Crippen molar-refractivity contribution < 1.29 is 19.1 Å². The summed E-state index contributed by atoms with van der Waals surface area (Å²) in [4.78, 5) is 41.1. The Labute approximate surface area is 287 Å². The molecule has 5 aromatic rings. The van der Waals surface area contributed by atoms with Gasteiger partial charge in [0.2, 0.25) is 5.91 Å². The average Bonchev–Trinajstić information content (AvgIpc) is 3.09. The number of hydrogen-bond donors (Lipinski definition) is 3. The molecule has 0 aliphatic heterocycles. The number of carbonyl (C=O) groups is 3. The van der Waals surface area contributed by atoms with Crippen molar-refractivity contribution in [2.45, 2.75) is 10.1 Å². The van der Waals surface area contributed by atoms with Gasteiger partial charge in [0.1, 0.15) is 16.7 Å². The second kappa shape index (κ2) is 16.0. The van der Waals surface area contributed by atoms with Crippen LogP contribution in [0.2, 0.25) is 10.0 Å². The summed E-state index contributed by atoms with van der Waals surface area (Å²) < 4.78 is 5.41. The topological polar surface area (TPSA) is 96.5 Å². The molecule has 3 amide bonds. The fraction of sp³-hybridized carbons (Fsp3) is 0.0541. The highest BCUT2D eigenvalue weighted by molar-refractivity contribution is 8.00. The minimum absolute atomic E-state index is 0.0283. The zero-order chi connectivity index (χ0) is 33.2. The number of amides is 3. The maximum absolute atomic E-state index is 13.7. The van der Waals surface area contributed by atoms with Crippen LogP contribution < -0.4 is 20.7 Å². The summed E-state index contributed by atoms with van der Waals surface area (Å²) in [6.45, 7) is 0. The Kier molecular flexibility index (Phi) is 11.4. The fourth-order valence-electron chi connectivity index (χ4n) is 4.55. The van der Waals surface area contributed by atoms with Crippen molar-refractivity contribution in [1.29, 1.82) is 0 Å². The van der Waals surface area contributed by atoms with Crippen LogP contribution in [0.25, 0.3) is 6.08 Å². The van der Waals surface area contributed by atoms with Gasteiger partial charge < -0.3 is 20.7 Å². The first-order valence-electron chi connectivity index (χ1n) is 14.4. The number of thioether (sulfide) groups is 1. The molecule has 1 atom stereocenters. The molecule has 0 saturated carbocycles. The van der Waals surface area contributed by atoms with Crippen molar-refractivity contribution in [3.8, 4) is 5.75 Å². The van der Waals surface area contributed by atoms with Gasteiger partial charge in [0.25, 0.3) is 11.8 Å². The van der Waals surface area contributed by atoms with E-state index in [9.17, 15) is 14.4 Å². The number of anilines is 2. The van der Waals surface area contributed by atoms with Crippen molar-refractivity contribution in [2.24, 2.45) is 0 Å². The highest BCUT2D eigenvalue weighted by atomic mass is 35.5. The standard InChI is InChI=1S/C37H29Cl2N3O4S/c1-46-33-18-9-8-17-31(33)41-37(45)34(24-11-4-2-5-12-24)47-29-16-10-15-28(23-29)40-36(44)32(21-26-19-20-27(38)22-30(26)39)42-35(43)25-13-6-3-7-14-25/h2-23,34H,1H3,(H,40,44)(H,41,45)(H,42,43)/b32-21+. The van der Waals surface area contributed by atoms with Crippen LogP contribution >= 0.6 is 35.0 Å². The van der Waals surface area contributed by atoms with Crippen molar-refractivity contribution in [3.63, 3.8) is 0 Å². The van der Waals surface area contributed by atoms with Crippen molar-refractivity contribution >= 4 is 70.1 Å². The molecule has 0 spiro atoms. The molecular weight excluding hydrogens is 653 g/mol. The molecule has 47 heavy (non-hydrogen) atoms. The molecule has 0 fully saturated rings. The zero-order valence-electron chi connectivity index (χ0n) is 25.1. The summed E-state index contributed by atoms with van der Waals surface area (Å²) in [5, 5.41) is 8.68. The van der Waals surface area contributed by atoms with Crippen LogP contribution in [0.1, 0.15) is 26.7 Å². The van der Waals surface area contributed by atoms with Gasteiger partial charge in [-0.05, 0) is 71.8 Å². The number of halogens is 2. The van der Waals surface area contributed by atoms with E-state index in [2.05, 4.69) is 16.0 Å². The Hall–Kier alpha value is -5.02. The van der Waals surface area contributed by atoms with Gasteiger partial charge in [-0.2, -0.15) is 0 Å². The molecule has 0 aliphatic rings. The van der Waals surface area contributed by atoms with Crippen LogP contribution in [0.4, 0.5) is 11.4 Å². The predicted octanol–water partition coefficient (Wildman–Crippen LogP) is 8.88. The molecule has 10 heteroatoms. The van der Waals surface area contributed by atoms with E-state index >= 15 is 0 Å². The summed E-state index contributed by atoms with van der Waals surface area (Å²) in [5.41, 5.74) is 2.66. The van der Waals surface area contributed by atoms with E-state index in [-0.39, 0.29) is 11.6 Å². The number of rotatable bonds is 11. The minimum atomic E-state index is -0.625. The molecule has 0 radical (unpaired) electrons. The van der Waals surface area contributed by atoms with E-state index in [4.69, 9.17) is 27.9 Å². The van der Waals surface area contributed by atoms with Gasteiger partial charge >= 0.3 is 0 Å². The molecule has 7 nitrogen and oxygen atoms in total. The van der Waals surface area contributed by atoms with Crippen LogP contribution in [-0.2, 0) is 9.59 Å². The van der Waals surface area contributed by atoms with Crippen LogP contribution in [0.5, 0.6) is 5.75 Å². The maximum atomic E-state index is 13.7. The van der Waals surface area contributed by atoms with Crippen LogP contribution in [0, 0.1) is 0 Å². The van der Waals surface area contributed by atoms with Gasteiger partial charge in [-0.25, -0.2) is 0 Å². The SMILES string of the molecule is COc1ccccc1NC(=O)C(Sc1cccc(NC(=O)/C(=C\c2ccc(Cl)cc2Cl)NC(=O)c2ccccc2)c1)c1ccccc1. The minimum Gasteiger partial charge on any atom is -0.495 e. The number of benzene rings is 5. The van der Waals surface area contributed by atoms with Crippen molar-refractivity contribution in [2.75, 3.05) is 17.7 Å². The van der Waals surface area contributed by atoms with E-state index in [1.54, 1.807) is 86.0 Å². The molecule has 1 unspecified atom stereocenters. The molecule has 3 N–H and O–H groups in total. The Morgan fingerprint density at radius 2 is 1.47 bits per heavy atom. The molecular formula is C37H29Cl2N3O4S. The van der Waals surface area contributed by atoms with Crippen LogP contribution in [0.3, 0.4) is 0 Å². The Balaban J connectivity index is 1.39. The van der Waals surface area contributed by atoms with E-state index < -0.39 is 17.1 Å². The molecule has 0 saturated heterocycles. The first-order chi connectivity index (χ1) is 22.8. The number of methoxy groups -OCH3 is 1. The van der Waals surface area contributed by atoms with Gasteiger partial charge in [0.15, 0.2) is 0 Å². The maximum Gasteiger partial charge on any atom is 0.272 e. The molecule has 0 bridgehead atoms. The van der Waals surface area contributed by atoms with E-state index in [1.165, 1.54) is 17.8 Å². The second-order valence-corrected chi connectivity index (χ2v) is 12.1. The highest BCUT2D eigenvalue weighted by Crippen LogP contribution is 2.38. The van der Waals surface area contributed by atoms with Gasteiger partial charge in [0, 0.05) is 26.2 Å². The van der Waals surface area contributed by atoms with Crippen LogP contribution in [0.15, 0.2) is 138 Å². The summed E-state index contributed by atoms with van der Waals surface area (Å²) in [5.74, 6) is -0.733. The van der Waals surface area contributed by atoms with Crippen LogP contribution in [-0.4, -0.2) is 24.8 Å². The molecule has 5 aromatic carbocycles. The lowest BCUT2D eigenvalue weighted by Crippen LogP contribution is -2.30. The van der Waals surface area contributed by atoms with Crippen molar-refractivity contribution in [3.05, 3.63) is 160 Å². The smallest absolute Gasteiger partial charge is 0.272 e. The number of ether oxygens (including phenoxy) is 1. The van der Waals surface area contributed by atoms with Gasteiger partial charge in [-0.3, -0.25) is 14.4 Å². The van der Waals surface area contributed by atoms with E-state index in [0.717, 1.165) is 10.5 Å². The third-order valence-corrected chi connectivity index (χ3v) is 8.65. The predicted molar refractivity (Wildman–Crippen MR) is 190 cm³/mol. The molecule has 0 heterocycles. The monoisotopic (exact) mass is 681 g/mol. The van der Waals surface area contributed by atoms with Gasteiger partial charge in [0.05, 0.1) is 12.8 Å². The first-order valence-corrected chi connectivity index (χ1v) is 16.0. The number of nitrogens with one attached hydrogen (secondary N) is 3. The normalized spacial score (nSPS) is 11.7. The number of carbonyl (C=O) groups excluding carboxylic acids is 3. The lowest BCUT2D eigenvalue weighted by Gasteiger charge is -2.19. The summed E-state index contributed by atoms with van der Waals surface area (Å²) >= 11 is 13.8. The first kappa shape index (κ1) is 33.3. The lowest BCUT2D eigenvalue weighted by atomic mass is 10.1. The summed E-state index contributed by atoms with van der Waals surface area (Å²) in [6.07, 6.45) is 1.49. The van der Waals surface area contributed by atoms with Gasteiger partial charge in [-0.1, -0.05) is 96.0 Å². The summed E-state index contributed by atoms with van der Waals surface area (Å²) in [6, 6.07) is 37.1. The quantitative estimate of drug-likeness (QED) is 0.0956. The number of hydrogen-bond acceptors (Lipinski definition) is 5. The Morgan fingerprint density at radius 3 is 2.19 bits per heavy atom. The average molecular weight is 683 g/mol. The third kappa shape index (κ3) is 9.04. The van der Waals surface area contributed by atoms with E-state index in [1.807, 2.05) is 48.5 Å². The van der Waals surface area contributed by atoms with E-state index in [0.29, 0.717) is 38.3 Å². The third-order valence-electron chi connectivity index (χ3n) is 6.84. The summed E-state index contributed by atoms with van der Waals surface area (Å²) in [7, 11) is 1.55. The van der Waals surface area contributed by atoms with Gasteiger partial charge in [-0.15, -0.1) is 11.8 Å². The molecule has 0 aliphatic carbocycles. The van der Waals surface area contributed by atoms with Crippen molar-refractivity contribution in [1.82, 2.24) is 5.32 Å². The Bertz CT molecular complexity index is 1920. The second-order valence-electron chi connectivity index (χ2n) is 10.1. The number of para-hydroxylation sites is 2. The largest absolute Gasteiger partial charge is 0.495 e. The fourth-order valence-corrected chi connectivity index (χ4v) is 6.09. The Morgan fingerprint density at radius 1 is 0.766 bits per heavy atom. The zero-order valence-corrected chi connectivity index (χ0v) is 27.4. The molecule has 5 rings (SSSR count).